The molecule has 1 heterocycles. The van der Waals surface area contributed by atoms with Crippen molar-refractivity contribution in [2.24, 2.45) is 21.5 Å². The van der Waals surface area contributed by atoms with E-state index in [9.17, 15) is 0 Å². The van der Waals surface area contributed by atoms with Crippen LogP contribution < -0.4 is 11.5 Å². The second-order valence-electron chi connectivity index (χ2n) is 6.81. The highest BCUT2D eigenvalue weighted by Crippen LogP contribution is 2.21. The SMILES string of the molecule is CCCCCCCCCCN=C(N)N=C(N)N1Cc2ccccc2C1.Cl. The Morgan fingerprint density at radius 1 is 0.923 bits per heavy atom. The predicted octanol–water partition coefficient (Wildman–Crippen LogP) is 4.19. The zero-order valence-corrected chi connectivity index (χ0v) is 16.8. The van der Waals surface area contributed by atoms with Crippen LogP contribution in [0, 0.1) is 0 Å². The van der Waals surface area contributed by atoms with Crippen molar-refractivity contribution in [3.63, 3.8) is 0 Å². The Hall–Kier alpha value is -1.75. The highest BCUT2D eigenvalue weighted by molar-refractivity contribution is 5.93. The number of nitrogens with zero attached hydrogens (tertiary/aromatic N) is 3. The third-order valence-electron chi connectivity index (χ3n) is 4.68. The number of fused-ring (bicyclic) bond motifs is 1. The maximum absolute atomic E-state index is 6.08. The maximum Gasteiger partial charge on any atom is 0.218 e. The second-order valence-corrected chi connectivity index (χ2v) is 6.81. The van der Waals surface area contributed by atoms with Crippen molar-refractivity contribution < 1.29 is 0 Å². The summed E-state index contributed by atoms with van der Waals surface area (Å²) in [6, 6.07) is 8.36. The lowest BCUT2D eigenvalue weighted by molar-refractivity contribution is 0.442. The quantitative estimate of drug-likeness (QED) is 0.383. The number of rotatable bonds is 9. The number of guanidine groups is 2. The number of halogens is 1. The molecule has 0 atom stereocenters. The van der Waals surface area contributed by atoms with E-state index in [1.165, 1.54) is 56.1 Å². The van der Waals surface area contributed by atoms with Crippen molar-refractivity contribution in [2.45, 2.75) is 71.4 Å². The van der Waals surface area contributed by atoms with Gasteiger partial charge >= 0.3 is 0 Å². The minimum atomic E-state index is 0. The number of unbranched alkanes of at least 4 members (excludes halogenated alkanes) is 7. The zero-order chi connectivity index (χ0) is 17.9. The van der Waals surface area contributed by atoms with Crippen molar-refractivity contribution >= 4 is 24.3 Å². The number of hydrogen-bond donors (Lipinski definition) is 2. The molecule has 0 aliphatic carbocycles. The largest absolute Gasteiger partial charge is 0.369 e. The van der Waals surface area contributed by atoms with Gasteiger partial charge in [0.25, 0.3) is 0 Å². The van der Waals surface area contributed by atoms with Gasteiger partial charge in [0, 0.05) is 19.6 Å². The first-order valence-electron chi connectivity index (χ1n) is 9.66. The number of nitrogens with two attached hydrogens (primary N) is 2. The third kappa shape index (κ3) is 7.65. The summed E-state index contributed by atoms with van der Waals surface area (Å²) in [4.78, 5) is 10.6. The molecule has 0 saturated carbocycles. The number of hydrogen-bond acceptors (Lipinski definition) is 1. The predicted molar refractivity (Wildman–Crippen MR) is 114 cm³/mol. The molecule has 0 radical (unpaired) electrons. The molecule has 0 saturated heterocycles. The Kier molecular flexibility index (Phi) is 10.8. The Balaban J connectivity index is 0.00000338. The lowest BCUT2D eigenvalue weighted by Gasteiger charge is -2.15. The fourth-order valence-corrected chi connectivity index (χ4v) is 3.16. The van der Waals surface area contributed by atoms with E-state index in [2.05, 4.69) is 41.2 Å². The molecule has 5 nitrogen and oxygen atoms in total. The molecule has 0 aromatic heterocycles. The van der Waals surface area contributed by atoms with Gasteiger partial charge in [0.1, 0.15) is 0 Å². The highest BCUT2D eigenvalue weighted by Gasteiger charge is 2.19. The van der Waals surface area contributed by atoms with Crippen LogP contribution in [0.5, 0.6) is 0 Å². The summed E-state index contributed by atoms with van der Waals surface area (Å²) >= 11 is 0. The molecule has 0 bridgehead atoms. The van der Waals surface area contributed by atoms with Crippen LogP contribution in [0.25, 0.3) is 0 Å². The van der Waals surface area contributed by atoms with E-state index in [1.807, 2.05) is 4.90 Å². The molecule has 0 unspecified atom stereocenters. The summed E-state index contributed by atoms with van der Waals surface area (Å²) in [5.41, 5.74) is 14.6. The van der Waals surface area contributed by atoms with Gasteiger partial charge in [-0.05, 0) is 17.5 Å². The normalized spacial score (nSPS) is 14.3. The minimum Gasteiger partial charge on any atom is -0.369 e. The van der Waals surface area contributed by atoms with Crippen LogP contribution in [0.4, 0.5) is 0 Å². The highest BCUT2D eigenvalue weighted by atomic mass is 35.5. The lowest BCUT2D eigenvalue weighted by Crippen LogP contribution is -2.34. The van der Waals surface area contributed by atoms with E-state index in [0.717, 1.165) is 26.1 Å². The summed E-state index contributed by atoms with van der Waals surface area (Å²) in [5, 5.41) is 0. The second kappa shape index (κ2) is 12.6. The van der Waals surface area contributed by atoms with E-state index in [0.29, 0.717) is 5.96 Å². The van der Waals surface area contributed by atoms with Crippen molar-refractivity contribution in [1.82, 2.24) is 4.90 Å². The Morgan fingerprint density at radius 2 is 1.46 bits per heavy atom. The van der Waals surface area contributed by atoms with Gasteiger partial charge in [0.05, 0.1) is 0 Å². The molecule has 26 heavy (non-hydrogen) atoms. The van der Waals surface area contributed by atoms with E-state index in [-0.39, 0.29) is 18.4 Å². The average Bonchev–Trinajstić information content (AvgIpc) is 3.04. The first kappa shape index (κ1) is 22.3. The van der Waals surface area contributed by atoms with Gasteiger partial charge in [-0.15, -0.1) is 12.4 Å². The molecule has 0 spiro atoms. The van der Waals surface area contributed by atoms with Gasteiger partial charge < -0.3 is 16.4 Å². The van der Waals surface area contributed by atoms with Crippen molar-refractivity contribution in [3.05, 3.63) is 35.4 Å². The topological polar surface area (TPSA) is 80.0 Å². The molecule has 6 heteroatoms. The fraction of sp³-hybridized carbons (Fsp3) is 0.600. The molecule has 1 aromatic rings. The summed E-state index contributed by atoms with van der Waals surface area (Å²) in [5.74, 6) is 0.741. The molecular weight excluding hydrogens is 346 g/mol. The lowest BCUT2D eigenvalue weighted by atomic mass is 10.1. The fourth-order valence-electron chi connectivity index (χ4n) is 3.16. The Labute approximate surface area is 164 Å². The van der Waals surface area contributed by atoms with Gasteiger partial charge in [0.15, 0.2) is 5.96 Å². The molecule has 1 aromatic carbocycles. The average molecular weight is 380 g/mol. The summed E-state index contributed by atoms with van der Waals surface area (Å²) in [6.07, 6.45) is 10.3. The van der Waals surface area contributed by atoms with Gasteiger partial charge in [-0.25, -0.2) is 0 Å². The summed E-state index contributed by atoms with van der Waals surface area (Å²) < 4.78 is 0. The van der Waals surface area contributed by atoms with E-state index in [4.69, 9.17) is 11.5 Å². The number of aliphatic imine (C=N–C) groups is 2. The number of benzene rings is 1. The molecule has 1 aliphatic rings. The van der Waals surface area contributed by atoms with Crippen LogP contribution in [0.2, 0.25) is 0 Å². The molecule has 2 rings (SSSR count). The van der Waals surface area contributed by atoms with Crippen molar-refractivity contribution in [3.8, 4) is 0 Å². The molecule has 1 aliphatic heterocycles. The van der Waals surface area contributed by atoms with Gasteiger partial charge in [-0.1, -0.05) is 76.1 Å². The molecule has 146 valence electrons. The Morgan fingerprint density at radius 3 is 2.04 bits per heavy atom. The van der Waals surface area contributed by atoms with Gasteiger partial charge in [-0.3, -0.25) is 4.99 Å². The van der Waals surface area contributed by atoms with Crippen LogP contribution in [-0.4, -0.2) is 23.4 Å². The maximum atomic E-state index is 6.08. The third-order valence-corrected chi connectivity index (χ3v) is 4.68. The van der Waals surface area contributed by atoms with E-state index in [1.54, 1.807) is 0 Å². The summed E-state index contributed by atoms with van der Waals surface area (Å²) in [6.45, 7) is 4.56. The molecular formula is C20H34ClN5. The van der Waals surface area contributed by atoms with E-state index >= 15 is 0 Å². The van der Waals surface area contributed by atoms with Crippen LogP contribution in [0.1, 0.15) is 69.4 Å². The zero-order valence-electron chi connectivity index (χ0n) is 16.0. The van der Waals surface area contributed by atoms with Crippen LogP contribution in [-0.2, 0) is 13.1 Å². The summed E-state index contributed by atoms with van der Waals surface area (Å²) in [7, 11) is 0. The first-order valence-corrected chi connectivity index (χ1v) is 9.66. The van der Waals surface area contributed by atoms with Gasteiger partial charge in [0.2, 0.25) is 5.96 Å². The minimum absolute atomic E-state index is 0. The standard InChI is InChI=1S/C20H33N5.ClH/c1-2-3-4-5-6-7-8-11-14-23-19(21)24-20(22)25-15-17-12-9-10-13-18(17)16-25;/h9-10,12-13H,2-8,11,14-16H2,1H3,(H4,21,22,23,24);1H. The van der Waals surface area contributed by atoms with Crippen LogP contribution in [0.3, 0.4) is 0 Å². The molecule has 0 amide bonds. The van der Waals surface area contributed by atoms with E-state index < -0.39 is 0 Å². The monoisotopic (exact) mass is 379 g/mol. The van der Waals surface area contributed by atoms with Gasteiger partial charge in [-0.2, -0.15) is 4.99 Å². The van der Waals surface area contributed by atoms with Crippen LogP contribution >= 0.6 is 12.4 Å². The molecule has 4 N–H and O–H groups in total. The first-order chi connectivity index (χ1) is 12.2. The van der Waals surface area contributed by atoms with Crippen LogP contribution in [0.15, 0.2) is 34.3 Å². The van der Waals surface area contributed by atoms with Crippen molar-refractivity contribution in [1.29, 1.82) is 0 Å². The Bertz CT molecular complexity index is 560. The molecule has 0 fully saturated rings. The van der Waals surface area contributed by atoms with Crippen molar-refractivity contribution in [2.75, 3.05) is 6.54 Å². The smallest absolute Gasteiger partial charge is 0.218 e.